The van der Waals surface area contributed by atoms with Crippen molar-refractivity contribution < 1.29 is 4.79 Å². The molecule has 1 rings (SSSR count). The smallest absolute Gasteiger partial charge is 0.273 e. The summed E-state index contributed by atoms with van der Waals surface area (Å²) in [5, 5.41) is 9.32. The largest absolute Gasteiger partial charge is 0.395 e. The van der Waals surface area contributed by atoms with Gasteiger partial charge in [-0.1, -0.05) is 13.8 Å². The van der Waals surface area contributed by atoms with Gasteiger partial charge in [0.15, 0.2) is 5.69 Å². The molecule has 0 radical (unpaired) electrons. The molecule has 0 aliphatic heterocycles. The fraction of sp³-hybridized carbons (Fsp3) is 0.455. The molecule has 0 bridgehead atoms. The van der Waals surface area contributed by atoms with Crippen molar-refractivity contribution in [3.05, 3.63) is 11.4 Å². The number of nitrogens with two attached hydrogens (primary N) is 1. The van der Waals surface area contributed by atoms with Gasteiger partial charge in [-0.25, -0.2) is 0 Å². The van der Waals surface area contributed by atoms with Gasteiger partial charge in [-0.05, 0) is 5.92 Å². The van der Waals surface area contributed by atoms with Crippen LogP contribution in [-0.4, -0.2) is 22.6 Å². The van der Waals surface area contributed by atoms with Crippen LogP contribution >= 0.6 is 0 Å². The predicted molar refractivity (Wildman–Crippen MR) is 62.9 cm³/mol. The summed E-state index contributed by atoms with van der Waals surface area (Å²) >= 11 is 0. The molecule has 16 heavy (non-hydrogen) atoms. The van der Waals surface area contributed by atoms with E-state index >= 15 is 0 Å². The second-order valence-corrected chi connectivity index (χ2v) is 3.76. The number of nitrogens with zero attached hydrogens (tertiary/aromatic N) is 1. The van der Waals surface area contributed by atoms with Crippen LogP contribution in [0.15, 0.2) is 0 Å². The van der Waals surface area contributed by atoms with Crippen LogP contribution in [-0.2, 0) is 0 Å². The van der Waals surface area contributed by atoms with Crippen LogP contribution in [0.5, 0.6) is 0 Å². The average Bonchev–Trinajstić information content (AvgIpc) is 2.60. The molecule has 0 aliphatic carbocycles. The topological polar surface area (TPSA) is 83.8 Å². The van der Waals surface area contributed by atoms with Crippen molar-refractivity contribution >= 4 is 11.6 Å². The number of terminal acetylenes is 1. The Morgan fingerprint density at radius 1 is 1.69 bits per heavy atom. The molecule has 0 atom stereocenters. The number of aromatic amines is 1. The van der Waals surface area contributed by atoms with Crippen LogP contribution in [0.2, 0.25) is 0 Å². The highest BCUT2D eigenvalue weighted by Gasteiger charge is 2.18. The highest BCUT2D eigenvalue weighted by atomic mass is 16.1. The minimum Gasteiger partial charge on any atom is -0.395 e. The number of nitrogens with one attached hydrogen (secondary N) is 2. The predicted octanol–water partition coefficient (Wildman–Crippen LogP) is 0.868. The molecule has 5 heteroatoms. The Balaban J connectivity index is 2.74. The molecule has 0 saturated carbocycles. The van der Waals surface area contributed by atoms with Crippen molar-refractivity contribution in [2.75, 3.05) is 12.3 Å². The van der Waals surface area contributed by atoms with Gasteiger partial charge >= 0.3 is 0 Å². The first-order chi connectivity index (χ1) is 7.57. The van der Waals surface area contributed by atoms with Gasteiger partial charge in [0.05, 0.1) is 11.4 Å². The van der Waals surface area contributed by atoms with Crippen molar-refractivity contribution in [2.24, 2.45) is 0 Å². The molecular weight excluding hydrogens is 204 g/mol. The van der Waals surface area contributed by atoms with E-state index in [0.29, 0.717) is 18.7 Å². The maximum Gasteiger partial charge on any atom is 0.273 e. The maximum absolute atomic E-state index is 11.6. The van der Waals surface area contributed by atoms with Crippen molar-refractivity contribution in [3.8, 4) is 12.3 Å². The molecule has 0 spiro atoms. The van der Waals surface area contributed by atoms with Gasteiger partial charge in [0.2, 0.25) is 0 Å². The lowest BCUT2D eigenvalue weighted by Gasteiger charge is -2.03. The van der Waals surface area contributed by atoms with E-state index in [1.165, 1.54) is 0 Å². The first kappa shape index (κ1) is 12.1. The molecule has 0 fully saturated rings. The third-order valence-electron chi connectivity index (χ3n) is 2.18. The Morgan fingerprint density at radius 3 is 2.88 bits per heavy atom. The zero-order valence-corrected chi connectivity index (χ0v) is 9.50. The standard InChI is InChI=1S/C11H16N4O/c1-4-5-6-13-11(16)10-8(12)9(7(2)3)14-15-10/h1,7H,5-6,12H2,2-3H3,(H,13,16)(H,14,15). The highest BCUT2D eigenvalue weighted by molar-refractivity contribution is 5.97. The Kier molecular flexibility index (Phi) is 3.95. The molecule has 1 aromatic rings. The van der Waals surface area contributed by atoms with Gasteiger partial charge in [0, 0.05) is 13.0 Å². The Bertz CT molecular complexity index is 414. The van der Waals surface area contributed by atoms with Gasteiger partial charge in [-0.2, -0.15) is 5.10 Å². The molecule has 0 saturated heterocycles. The molecule has 86 valence electrons. The van der Waals surface area contributed by atoms with Gasteiger partial charge < -0.3 is 11.1 Å². The normalized spacial score (nSPS) is 10.1. The Hall–Kier alpha value is -1.96. The minimum absolute atomic E-state index is 0.208. The zero-order valence-electron chi connectivity index (χ0n) is 9.50. The van der Waals surface area contributed by atoms with Crippen LogP contribution in [0, 0.1) is 12.3 Å². The van der Waals surface area contributed by atoms with E-state index in [0.717, 1.165) is 5.69 Å². The number of aromatic nitrogens is 2. The summed E-state index contributed by atoms with van der Waals surface area (Å²) in [5.41, 5.74) is 7.24. The first-order valence-electron chi connectivity index (χ1n) is 5.13. The summed E-state index contributed by atoms with van der Waals surface area (Å²) in [4.78, 5) is 11.6. The number of anilines is 1. The first-order valence-corrected chi connectivity index (χ1v) is 5.13. The number of amides is 1. The summed E-state index contributed by atoms with van der Waals surface area (Å²) < 4.78 is 0. The van der Waals surface area contributed by atoms with Crippen LogP contribution in [0.1, 0.15) is 42.4 Å². The van der Waals surface area contributed by atoms with E-state index in [4.69, 9.17) is 12.2 Å². The van der Waals surface area contributed by atoms with E-state index < -0.39 is 0 Å². The van der Waals surface area contributed by atoms with Crippen LogP contribution in [0.4, 0.5) is 5.69 Å². The van der Waals surface area contributed by atoms with Gasteiger partial charge in [0.1, 0.15) is 0 Å². The monoisotopic (exact) mass is 220 g/mol. The second kappa shape index (κ2) is 5.21. The number of nitrogen functional groups attached to an aromatic ring is 1. The SMILES string of the molecule is C#CCCNC(=O)c1n[nH]c(C(C)C)c1N. The van der Waals surface area contributed by atoms with E-state index in [2.05, 4.69) is 21.4 Å². The lowest BCUT2D eigenvalue weighted by atomic mass is 10.1. The lowest BCUT2D eigenvalue weighted by Crippen LogP contribution is -2.25. The summed E-state index contributed by atoms with van der Waals surface area (Å²) in [6, 6.07) is 0. The number of hydrogen-bond donors (Lipinski definition) is 3. The highest BCUT2D eigenvalue weighted by Crippen LogP contribution is 2.21. The van der Waals surface area contributed by atoms with E-state index in [-0.39, 0.29) is 17.5 Å². The molecular formula is C11H16N4O. The third-order valence-corrected chi connectivity index (χ3v) is 2.18. The number of carbonyl (C=O) groups is 1. The van der Waals surface area contributed by atoms with Crippen molar-refractivity contribution in [1.82, 2.24) is 15.5 Å². The fourth-order valence-electron chi connectivity index (χ4n) is 1.31. The third kappa shape index (κ3) is 2.54. The Morgan fingerprint density at radius 2 is 2.38 bits per heavy atom. The average molecular weight is 220 g/mol. The zero-order chi connectivity index (χ0) is 12.1. The number of carbonyl (C=O) groups excluding carboxylic acids is 1. The van der Waals surface area contributed by atoms with Crippen LogP contribution in [0.25, 0.3) is 0 Å². The molecule has 5 nitrogen and oxygen atoms in total. The number of hydrogen-bond acceptors (Lipinski definition) is 3. The number of H-pyrrole nitrogens is 1. The van der Waals surface area contributed by atoms with Crippen molar-refractivity contribution in [1.29, 1.82) is 0 Å². The minimum atomic E-state index is -0.295. The number of rotatable bonds is 4. The molecule has 0 aromatic carbocycles. The van der Waals surface area contributed by atoms with Gasteiger partial charge in [-0.3, -0.25) is 9.89 Å². The summed E-state index contributed by atoms with van der Waals surface area (Å²) in [6.07, 6.45) is 5.57. The molecule has 0 aliphatic rings. The second-order valence-electron chi connectivity index (χ2n) is 3.76. The fourth-order valence-corrected chi connectivity index (χ4v) is 1.31. The Labute approximate surface area is 94.8 Å². The lowest BCUT2D eigenvalue weighted by molar-refractivity contribution is 0.0950. The molecule has 1 aromatic heterocycles. The van der Waals surface area contributed by atoms with Crippen LogP contribution in [0.3, 0.4) is 0 Å². The maximum atomic E-state index is 11.6. The molecule has 0 unspecified atom stereocenters. The molecule has 4 N–H and O–H groups in total. The summed E-state index contributed by atoms with van der Waals surface area (Å²) in [6.45, 7) is 4.38. The molecule has 1 amide bonds. The summed E-state index contributed by atoms with van der Waals surface area (Å²) in [7, 11) is 0. The summed E-state index contributed by atoms with van der Waals surface area (Å²) in [5.74, 6) is 2.35. The van der Waals surface area contributed by atoms with Crippen molar-refractivity contribution in [3.63, 3.8) is 0 Å². The van der Waals surface area contributed by atoms with Gasteiger partial charge in [-0.15, -0.1) is 12.3 Å². The van der Waals surface area contributed by atoms with E-state index in [1.54, 1.807) is 0 Å². The van der Waals surface area contributed by atoms with Crippen molar-refractivity contribution in [2.45, 2.75) is 26.2 Å². The van der Waals surface area contributed by atoms with E-state index in [9.17, 15) is 4.79 Å². The van der Waals surface area contributed by atoms with Crippen LogP contribution < -0.4 is 11.1 Å². The van der Waals surface area contributed by atoms with E-state index in [1.807, 2.05) is 13.8 Å². The molecule has 1 heterocycles. The van der Waals surface area contributed by atoms with Gasteiger partial charge in [0.25, 0.3) is 5.91 Å². The quantitative estimate of drug-likeness (QED) is 0.520.